The van der Waals surface area contributed by atoms with Gasteiger partial charge in [-0.15, -0.1) is 12.4 Å². The molecular formula is C13H18ClNO3. The summed E-state index contributed by atoms with van der Waals surface area (Å²) in [5.41, 5.74) is 3.21. The van der Waals surface area contributed by atoms with Crippen LogP contribution in [-0.4, -0.2) is 24.7 Å². The molecule has 1 aliphatic heterocycles. The summed E-state index contributed by atoms with van der Waals surface area (Å²) >= 11 is 0. The predicted octanol–water partition coefficient (Wildman–Crippen LogP) is 2.06. The Kier molecular flexibility index (Phi) is 5.44. The third-order valence-corrected chi connectivity index (χ3v) is 3.20. The zero-order valence-electron chi connectivity index (χ0n) is 10.3. The number of aliphatic hydroxyl groups is 1. The molecule has 0 fully saturated rings. The Hall–Kier alpha value is -1.26. The van der Waals surface area contributed by atoms with Gasteiger partial charge < -0.3 is 15.2 Å². The van der Waals surface area contributed by atoms with Crippen molar-refractivity contribution in [1.29, 1.82) is 0 Å². The first-order valence-corrected chi connectivity index (χ1v) is 5.79. The van der Waals surface area contributed by atoms with E-state index in [9.17, 15) is 4.79 Å². The summed E-state index contributed by atoms with van der Waals surface area (Å²) in [4.78, 5) is 11.1. The molecule has 1 aromatic carbocycles. The van der Waals surface area contributed by atoms with E-state index in [0.29, 0.717) is 12.3 Å². The van der Waals surface area contributed by atoms with Crippen LogP contribution in [0.3, 0.4) is 0 Å². The average Bonchev–Trinajstić information content (AvgIpc) is 2.77. The van der Waals surface area contributed by atoms with Gasteiger partial charge in [0.2, 0.25) is 0 Å². The van der Waals surface area contributed by atoms with Crippen molar-refractivity contribution in [2.45, 2.75) is 25.4 Å². The number of halogens is 1. The van der Waals surface area contributed by atoms with Crippen LogP contribution in [0.4, 0.5) is 5.69 Å². The fraction of sp³-hybridized carbons (Fsp3) is 0.462. The maximum absolute atomic E-state index is 11.1. The highest BCUT2D eigenvalue weighted by atomic mass is 35.5. The van der Waals surface area contributed by atoms with Crippen LogP contribution in [0.15, 0.2) is 18.2 Å². The monoisotopic (exact) mass is 271 g/mol. The van der Waals surface area contributed by atoms with E-state index in [2.05, 4.69) is 10.1 Å². The summed E-state index contributed by atoms with van der Waals surface area (Å²) in [7, 11) is 1.41. The highest BCUT2D eigenvalue weighted by molar-refractivity contribution is 5.85. The lowest BCUT2D eigenvalue weighted by molar-refractivity contribution is -0.140. The number of rotatable bonds is 4. The van der Waals surface area contributed by atoms with Crippen molar-refractivity contribution in [2.75, 3.05) is 19.0 Å². The van der Waals surface area contributed by atoms with Crippen molar-refractivity contribution in [3.05, 3.63) is 29.3 Å². The summed E-state index contributed by atoms with van der Waals surface area (Å²) in [5.74, 6) is 0.197. The van der Waals surface area contributed by atoms with Crippen molar-refractivity contribution in [1.82, 2.24) is 0 Å². The normalized spacial score (nSPS) is 16.4. The molecule has 0 bridgehead atoms. The van der Waals surface area contributed by atoms with Gasteiger partial charge in [-0.05, 0) is 23.6 Å². The quantitative estimate of drug-likeness (QED) is 0.823. The Labute approximate surface area is 113 Å². The van der Waals surface area contributed by atoms with Gasteiger partial charge in [-0.1, -0.05) is 12.1 Å². The highest BCUT2D eigenvalue weighted by Gasteiger charge is 2.22. The van der Waals surface area contributed by atoms with Gasteiger partial charge in [0.15, 0.2) is 0 Å². The van der Waals surface area contributed by atoms with Crippen molar-refractivity contribution in [3.8, 4) is 0 Å². The van der Waals surface area contributed by atoms with E-state index in [1.807, 2.05) is 18.2 Å². The maximum atomic E-state index is 11.1. The molecule has 0 spiro atoms. The number of nitrogens with one attached hydrogen (secondary N) is 1. The van der Waals surface area contributed by atoms with Crippen LogP contribution >= 0.6 is 12.4 Å². The lowest BCUT2D eigenvalue weighted by atomic mass is 9.95. The molecule has 1 aromatic rings. The van der Waals surface area contributed by atoms with Gasteiger partial charge >= 0.3 is 5.97 Å². The van der Waals surface area contributed by atoms with Gasteiger partial charge in [-0.25, -0.2) is 0 Å². The van der Waals surface area contributed by atoms with Crippen LogP contribution in [0.5, 0.6) is 0 Å². The lowest BCUT2D eigenvalue weighted by Crippen LogP contribution is -2.06. The molecule has 18 heavy (non-hydrogen) atoms. The SMILES string of the molecule is COC(=O)CCC1CNc2cc(CO)ccc21.Cl. The van der Waals surface area contributed by atoms with E-state index in [4.69, 9.17) is 5.11 Å². The van der Waals surface area contributed by atoms with Crippen molar-refractivity contribution in [2.24, 2.45) is 0 Å². The number of fused-ring (bicyclic) bond motifs is 1. The second-order valence-electron chi connectivity index (χ2n) is 4.27. The first-order valence-electron chi connectivity index (χ1n) is 5.79. The minimum atomic E-state index is -0.162. The van der Waals surface area contributed by atoms with Gasteiger partial charge in [0, 0.05) is 24.6 Å². The summed E-state index contributed by atoms with van der Waals surface area (Å²) in [6, 6.07) is 5.92. The maximum Gasteiger partial charge on any atom is 0.305 e. The number of esters is 1. The number of carbonyl (C=O) groups is 1. The zero-order valence-corrected chi connectivity index (χ0v) is 11.1. The molecule has 1 unspecified atom stereocenters. The molecule has 0 aromatic heterocycles. The molecule has 2 rings (SSSR count). The minimum Gasteiger partial charge on any atom is -0.469 e. The number of ether oxygens (including phenoxy) is 1. The largest absolute Gasteiger partial charge is 0.469 e. The number of anilines is 1. The van der Waals surface area contributed by atoms with Crippen LogP contribution < -0.4 is 5.32 Å². The minimum absolute atomic E-state index is 0. The van der Waals surface area contributed by atoms with E-state index in [-0.39, 0.29) is 25.0 Å². The van der Waals surface area contributed by atoms with Crippen molar-refractivity contribution < 1.29 is 14.6 Å². The molecule has 0 saturated heterocycles. The molecule has 4 nitrogen and oxygen atoms in total. The van der Waals surface area contributed by atoms with Crippen LogP contribution in [-0.2, 0) is 16.1 Å². The van der Waals surface area contributed by atoms with Crippen LogP contribution in [0.2, 0.25) is 0 Å². The fourth-order valence-corrected chi connectivity index (χ4v) is 2.21. The molecule has 1 aliphatic rings. The van der Waals surface area contributed by atoms with Crippen LogP contribution in [0.1, 0.15) is 29.9 Å². The first-order chi connectivity index (χ1) is 8.24. The van der Waals surface area contributed by atoms with Gasteiger partial charge in [-0.3, -0.25) is 4.79 Å². The summed E-state index contributed by atoms with van der Waals surface area (Å²) in [5, 5.41) is 12.4. The average molecular weight is 272 g/mol. The molecule has 2 N–H and O–H groups in total. The molecule has 0 amide bonds. The van der Waals surface area contributed by atoms with Crippen molar-refractivity contribution >= 4 is 24.1 Å². The fourth-order valence-electron chi connectivity index (χ4n) is 2.21. The third kappa shape index (κ3) is 3.15. The van der Waals surface area contributed by atoms with Gasteiger partial charge in [-0.2, -0.15) is 0 Å². The topological polar surface area (TPSA) is 58.6 Å². The molecule has 1 heterocycles. The second-order valence-corrected chi connectivity index (χ2v) is 4.27. The molecular weight excluding hydrogens is 254 g/mol. The number of methoxy groups -OCH3 is 1. The van der Waals surface area contributed by atoms with Gasteiger partial charge in [0.25, 0.3) is 0 Å². The number of carbonyl (C=O) groups excluding carboxylic acids is 1. The Morgan fingerprint density at radius 2 is 2.33 bits per heavy atom. The van der Waals surface area contributed by atoms with E-state index < -0.39 is 0 Å². The summed E-state index contributed by atoms with van der Waals surface area (Å²) in [6.07, 6.45) is 1.25. The standard InChI is InChI=1S/C13H17NO3.ClH/c1-17-13(16)5-3-10-7-14-12-6-9(8-15)2-4-11(10)12;/h2,4,6,10,14-15H,3,5,7-8H2,1H3;1H. The molecule has 5 heteroatoms. The number of aliphatic hydroxyl groups excluding tert-OH is 1. The highest BCUT2D eigenvalue weighted by Crippen LogP contribution is 2.34. The Balaban J connectivity index is 0.00000162. The van der Waals surface area contributed by atoms with Crippen molar-refractivity contribution in [3.63, 3.8) is 0 Å². The van der Waals surface area contributed by atoms with E-state index >= 15 is 0 Å². The summed E-state index contributed by atoms with van der Waals surface area (Å²) < 4.78 is 4.64. The van der Waals surface area contributed by atoms with Gasteiger partial charge in [0.05, 0.1) is 13.7 Å². The third-order valence-electron chi connectivity index (χ3n) is 3.20. The second kappa shape index (κ2) is 6.61. The first kappa shape index (κ1) is 14.8. The number of benzene rings is 1. The molecule has 100 valence electrons. The smallest absolute Gasteiger partial charge is 0.305 e. The zero-order chi connectivity index (χ0) is 12.3. The van der Waals surface area contributed by atoms with Gasteiger partial charge in [0.1, 0.15) is 0 Å². The van der Waals surface area contributed by atoms with E-state index in [0.717, 1.165) is 24.2 Å². The molecule has 0 saturated carbocycles. The molecule has 0 aliphatic carbocycles. The van der Waals surface area contributed by atoms with Crippen LogP contribution in [0, 0.1) is 0 Å². The Bertz CT molecular complexity index is 423. The summed E-state index contributed by atoms with van der Waals surface area (Å²) in [6.45, 7) is 0.906. The van der Waals surface area contributed by atoms with E-state index in [1.54, 1.807) is 0 Å². The predicted molar refractivity (Wildman–Crippen MR) is 72.1 cm³/mol. The Morgan fingerprint density at radius 1 is 1.56 bits per heavy atom. The van der Waals surface area contributed by atoms with E-state index in [1.165, 1.54) is 12.7 Å². The molecule has 0 radical (unpaired) electrons. The lowest BCUT2D eigenvalue weighted by Gasteiger charge is -2.09. The van der Waals surface area contributed by atoms with Crippen LogP contribution in [0.25, 0.3) is 0 Å². The number of hydrogen-bond acceptors (Lipinski definition) is 4. The number of hydrogen-bond donors (Lipinski definition) is 2. The Morgan fingerprint density at radius 3 is 3.00 bits per heavy atom. The molecule has 1 atom stereocenters.